The van der Waals surface area contributed by atoms with Crippen molar-refractivity contribution < 1.29 is 4.74 Å². The standard InChI is InChI=1S/C15H23NO/c1-11-8-9-13(10-12(11)2)16-14-6-4-5-7-15(14)17-3/h8-10,14-16H,4-7H2,1-3H3/t14-,15-/m1/s1. The molecule has 1 aliphatic rings. The molecule has 94 valence electrons. The Morgan fingerprint density at radius 3 is 2.59 bits per heavy atom. The number of aryl methyl sites for hydroxylation is 2. The summed E-state index contributed by atoms with van der Waals surface area (Å²) in [5.41, 5.74) is 3.92. The van der Waals surface area contributed by atoms with Crippen LogP contribution in [0.15, 0.2) is 18.2 Å². The Morgan fingerprint density at radius 1 is 1.12 bits per heavy atom. The van der Waals surface area contributed by atoms with Gasteiger partial charge >= 0.3 is 0 Å². The van der Waals surface area contributed by atoms with Crippen LogP contribution in [0.4, 0.5) is 5.69 Å². The predicted molar refractivity (Wildman–Crippen MR) is 72.6 cm³/mol. The van der Waals surface area contributed by atoms with Crippen molar-refractivity contribution in [3.63, 3.8) is 0 Å². The van der Waals surface area contributed by atoms with E-state index in [9.17, 15) is 0 Å². The molecule has 0 bridgehead atoms. The van der Waals surface area contributed by atoms with Crippen LogP contribution in [0.1, 0.15) is 36.8 Å². The van der Waals surface area contributed by atoms with Gasteiger partial charge in [0.15, 0.2) is 0 Å². The van der Waals surface area contributed by atoms with Gasteiger partial charge in [-0.2, -0.15) is 0 Å². The van der Waals surface area contributed by atoms with Crippen molar-refractivity contribution in [2.24, 2.45) is 0 Å². The highest BCUT2D eigenvalue weighted by Gasteiger charge is 2.24. The third-order valence-corrected chi connectivity index (χ3v) is 3.86. The van der Waals surface area contributed by atoms with Crippen molar-refractivity contribution >= 4 is 5.69 Å². The van der Waals surface area contributed by atoms with Crippen molar-refractivity contribution in [2.45, 2.75) is 51.7 Å². The summed E-state index contributed by atoms with van der Waals surface area (Å²) in [6, 6.07) is 7.05. The van der Waals surface area contributed by atoms with Crippen molar-refractivity contribution in [3.05, 3.63) is 29.3 Å². The second-order valence-electron chi connectivity index (χ2n) is 5.11. The van der Waals surface area contributed by atoms with Crippen LogP contribution in [0.5, 0.6) is 0 Å². The van der Waals surface area contributed by atoms with Gasteiger partial charge in [-0.05, 0) is 49.9 Å². The Morgan fingerprint density at radius 2 is 1.88 bits per heavy atom. The van der Waals surface area contributed by atoms with Crippen LogP contribution in [0.25, 0.3) is 0 Å². The minimum absolute atomic E-state index is 0.366. The molecule has 0 spiro atoms. The lowest BCUT2D eigenvalue weighted by Gasteiger charge is -2.32. The molecule has 0 aromatic heterocycles. The smallest absolute Gasteiger partial charge is 0.0772 e. The van der Waals surface area contributed by atoms with E-state index in [-0.39, 0.29) is 0 Å². The van der Waals surface area contributed by atoms with Gasteiger partial charge in [0, 0.05) is 12.8 Å². The van der Waals surface area contributed by atoms with E-state index in [2.05, 4.69) is 37.4 Å². The zero-order chi connectivity index (χ0) is 12.3. The van der Waals surface area contributed by atoms with Crippen molar-refractivity contribution in [2.75, 3.05) is 12.4 Å². The summed E-state index contributed by atoms with van der Waals surface area (Å²) in [5, 5.41) is 3.62. The van der Waals surface area contributed by atoms with Gasteiger partial charge in [-0.25, -0.2) is 0 Å². The zero-order valence-corrected chi connectivity index (χ0v) is 11.1. The fourth-order valence-electron chi connectivity index (χ4n) is 2.59. The third kappa shape index (κ3) is 3.01. The van der Waals surface area contributed by atoms with E-state index >= 15 is 0 Å². The summed E-state index contributed by atoms with van der Waals surface area (Å²) in [6.07, 6.45) is 5.36. The van der Waals surface area contributed by atoms with Gasteiger partial charge in [0.1, 0.15) is 0 Å². The molecule has 1 aromatic rings. The van der Waals surface area contributed by atoms with Gasteiger partial charge in [0.25, 0.3) is 0 Å². The Labute approximate surface area is 104 Å². The number of methoxy groups -OCH3 is 1. The predicted octanol–water partition coefficient (Wildman–Crippen LogP) is 3.67. The molecule has 0 radical (unpaired) electrons. The number of hydrogen-bond donors (Lipinski definition) is 1. The highest BCUT2D eigenvalue weighted by molar-refractivity contribution is 5.49. The van der Waals surface area contributed by atoms with E-state index < -0.39 is 0 Å². The minimum Gasteiger partial charge on any atom is -0.380 e. The molecule has 0 saturated heterocycles. The van der Waals surface area contributed by atoms with Gasteiger partial charge in [0.2, 0.25) is 0 Å². The maximum Gasteiger partial charge on any atom is 0.0772 e. The van der Waals surface area contributed by atoms with Crippen molar-refractivity contribution in [1.29, 1.82) is 0 Å². The molecule has 1 fully saturated rings. The molecule has 1 N–H and O–H groups in total. The fourth-order valence-corrected chi connectivity index (χ4v) is 2.59. The molecule has 1 aliphatic carbocycles. The molecular weight excluding hydrogens is 210 g/mol. The van der Waals surface area contributed by atoms with E-state index in [0.29, 0.717) is 12.1 Å². The number of nitrogens with one attached hydrogen (secondary N) is 1. The average Bonchev–Trinajstić information content (AvgIpc) is 2.34. The number of rotatable bonds is 3. The van der Waals surface area contributed by atoms with Crippen LogP contribution in [0, 0.1) is 13.8 Å². The maximum atomic E-state index is 5.57. The number of hydrogen-bond acceptors (Lipinski definition) is 2. The monoisotopic (exact) mass is 233 g/mol. The summed E-state index contributed by atoms with van der Waals surface area (Å²) in [6.45, 7) is 4.31. The number of ether oxygens (including phenoxy) is 1. The van der Waals surface area contributed by atoms with Crippen LogP contribution in [-0.2, 0) is 4.74 Å². The Bertz CT molecular complexity index is 375. The van der Waals surface area contributed by atoms with Crippen LogP contribution in [0.3, 0.4) is 0 Å². The molecule has 2 atom stereocenters. The van der Waals surface area contributed by atoms with Gasteiger partial charge < -0.3 is 10.1 Å². The lowest BCUT2D eigenvalue weighted by atomic mass is 9.92. The molecule has 1 saturated carbocycles. The summed E-state index contributed by atoms with van der Waals surface area (Å²) in [7, 11) is 1.82. The van der Waals surface area contributed by atoms with E-state index in [4.69, 9.17) is 4.74 Å². The quantitative estimate of drug-likeness (QED) is 0.860. The maximum absolute atomic E-state index is 5.57. The SMILES string of the molecule is CO[C@@H]1CCCC[C@H]1Nc1ccc(C)c(C)c1. The molecule has 2 heteroatoms. The van der Waals surface area contributed by atoms with Crippen molar-refractivity contribution in [1.82, 2.24) is 0 Å². The van der Waals surface area contributed by atoms with Crippen LogP contribution < -0.4 is 5.32 Å². The molecule has 0 amide bonds. The second kappa shape index (κ2) is 5.54. The summed E-state index contributed by atoms with van der Waals surface area (Å²) < 4.78 is 5.57. The molecule has 0 heterocycles. The van der Waals surface area contributed by atoms with E-state index in [1.165, 1.54) is 42.5 Å². The van der Waals surface area contributed by atoms with E-state index in [1.54, 1.807) is 0 Å². The Hall–Kier alpha value is -1.02. The fraction of sp³-hybridized carbons (Fsp3) is 0.600. The first-order valence-electron chi connectivity index (χ1n) is 6.57. The highest BCUT2D eigenvalue weighted by atomic mass is 16.5. The Kier molecular flexibility index (Phi) is 4.06. The van der Waals surface area contributed by atoms with Gasteiger partial charge in [0.05, 0.1) is 12.1 Å². The van der Waals surface area contributed by atoms with Gasteiger partial charge in [-0.1, -0.05) is 18.9 Å². The lowest BCUT2D eigenvalue weighted by Crippen LogP contribution is -2.37. The average molecular weight is 233 g/mol. The largest absolute Gasteiger partial charge is 0.380 e. The van der Waals surface area contributed by atoms with Crippen molar-refractivity contribution in [3.8, 4) is 0 Å². The molecule has 0 unspecified atom stereocenters. The molecule has 2 nitrogen and oxygen atoms in total. The first kappa shape index (κ1) is 12.4. The summed E-state index contributed by atoms with van der Waals surface area (Å²) in [5.74, 6) is 0. The highest BCUT2D eigenvalue weighted by Crippen LogP contribution is 2.25. The zero-order valence-electron chi connectivity index (χ0n) is 11.1. The normalized spacial score (nSPS) is 24.6. The summed E-state index contributed by atoms with van der Waals surface area (Å²) in [4.78, 5) is 0. The van der Waals surface area contributed by atoms with Crippen LogP contribution in [0.2, 0.25) is 0 Å². The first-order valence-corrected chi connectivity index (χ1v) is 6.57. The number of benzene rings is 1. The van der Waals surface area contributed by atoms with Crippen LogP contribution >= 0.6 is 0 Å². The minimum atomic E-state index is 0.366. The molecular formula is C15H23NO. The van der Waals surface area contributed by atoms with Gasteiger partial charge in [-0.15, -0.1) is 0 Å². The second-order valence-corrected chi connectivity index (χ2v) is 5.11. The van der Waals surface area contributed by atoms with E-state index in [0.717, 1.165) is 0 Å². The summed E-state index contributed by atoms with van der Waals surface area (Å²) >= 11 is 0. The van der Waals surface area contributed by atoms with Gasteiger partial charge in [-0.3, -0.25) is 0 Å². The lowest BCUT2D eigenvalue weighted by molar-refractivity contribution is 0.0606. The molecule has 2 rings (SSSR count). The third-order valence-electron chi connectivity index (χ3n) is 3.86. The molecule has 0 aliphatic heterocycles. The molecule has 1 aromatic carbocycles. The van der Waals surface area contributed by atoms with E-state index in [1.807, 2.05) is 7.11 Å². The topological polar surface area (TPSA) is 21.3 Å². The van der Waals surface area contributed by atoms with Crippen LogP contribution in [-0.4, -0.2) is 19.3 Å². The molecule has 17 heavy (non-hydrogen) atoms. The Balaban J connectivity index is 2.05. The number of anilines is 1. The first-order chi connectivity index (χ1) is 8.20.